The zero-order valence-electron chi connectivity index (χ0n) is 13.5. The van der Waals surface area contributed by atoms with Gasteiger partial charge in [-0.05, 0) is 25.1 Å². The van der Waals surface area contributed by atoms with Crippen molar-refractivity contribution in [2.24, 2.45) is 0 Å². The van der Waals surface area contributed by atoms with Crippen LogP contribution in [0.15, 0.2) is 18.2 Å². The summed E-state index contributed by atoms with van der Waals surface area (Å²) >= 11 is 0. The number of likely N-dealkylation sites (N-methyl/N-ethyl adjacent to an activating group) is 1. The molecule has 2 rings (SSSR count). The summed E-state index contributed by atoms with van der Waals surface area (Å²) in [5, 5.41) is 3.43. The molecule has 118 valence electrons. The number of ether oxygens (including phenoxy) is 2. The molecule has 1 unspecified atom stereocenters. The number of benzene rings is 1. The highest BCUT2D eigenvalue weighted by atomic mass is 16.5. The predicted octanol–water partition coefficient (Wildman–Crippen LogP) is 4.47. The van der Waals surface area contributed by atoms with Crippen molar-refractivity contribution < 1.29 is 9.47 Å². The van der Waals surface area contributed by atoms with Gasteiger partial charge in [0.1, 0.15) is 18.1 Å². The molecule has 0 radical (unpaired) electrons. The van der Waals surface area contributed by atoms with E-state index in [2.05, 4.69) is 31.3 Å². The van der Waals surface area contributed by atoms with Gasteiger partial charge in [0, 0.05) is 11.6 Å². The fourth-order valence-electron chi connectivity index (χ4n) is 2.77. The van der Waals surface area contributed by atoms with Crippen molar-refractivity contribution in [3.8, 4) is 11.5 Å². The first-order valence-electron chi connectivity index (χ1n) is 8.48. The van der Waals surface area contributed by atoms with Crippen molar-refractivity contribution in [3.05, 3.63) is 23.8 Å². The van der Waals surface area contributed by atoms with Crippen LogP contribution in [0.5, 0.6) is 11.5 Å². The first-order chi connectivity index (χ1) is 10.3. The largest absolute Gasteiger partial charge is 0.493 e. The zero-order chi connectivity index (χ0) is 14.9. The summed E-state index contributed by atoms with van der Waals surface area (Å²) in [5.74, 6) is 1.90. The maximum Gasteiger partial charge on any atom is 0.127 e. The minimum Gasteiger partial charge on any atom is -0.493 e. The van der Waals surface area contributed by atoms with Gasteiger partial charge in [-0.15, -0.1) is 0 Å². The number of nitrogens with one attached hydrogen (secondary N) is 1. The third-order valence-electron chi connectivity index (χ3n) is 3.98. The van der Waals surface area contributed by atoms with Gasteiger partial charge >= 0.3 is 0 Å². The third kappa shape index (κ3) is 4.92. The van der Waals surface area contributed by atoms with E-state index in [1.165, 1.54) is 37.7 Å². The molecule has 0 spiro atoms. The highest BCUT2D eigenvalue weighted by Crippen LogP contribution is 2.35. The Kier molecular flexibility index (Phi) is 6.87. The second-order valence-corrected chi connectivity index (χ2v) is 5.74. The minimum absolute atomic E-state index is 0.331. The van der Waals surface area contributed by atoms with Crippen LogP contribution in [0.2, 0.25) is 0 Å². The van der Waals surface area contributed by atoms with Crippen LogP contribution in [0.4, 0.5) is 0 Å². The lowest BCUT2D eigenvalue weighted by Crippen LogP contribution is -2.21. The second kappa shape index (κ2) is 8.93. The molecule has 0 amide bonds. The first kappa shape index (κ1) is 16.2. The fourth-order valence-corrected chi connectivity index (χ4v) is 2.77. The molecule has 1 aromatic carbocycles. The molecule has 1 aliphatic heterocycles. The number of hydrogen-bond donors (Lipinski definition) is 1. The molecular formula is C18H29NO2. The lowest BCUT2D eigenvalue weighted by Gasteiger charge is -2.10. The van der Waals surface area contributed by atoms with Crippen molar-refractivity contribution in [3.63, 3.8) is 0 Å². The number of hydrogen-bond acceptors (Lipinski definition) is 3. The van der Waals surface area contributed by atoms with Gasteiger partial charge in [0.05, 0.1) is 12.6 Å². The SMILES string of the molecule is CCCCCCCCOc1ccc2c(c1)OCC2NCC. The molecular weight excluding hydrogens is 262 g/mol. The Morgan fingerprint density at radius 3 is 2.76 bits per heavy atom. The molecule has 0 saturated carbocycles. The van der Waals surface area contributed by atoms with E-state index in [1.54, 1.807) is 0 Å². The van der Waals surface area contributed by atoms with Crippen molar-refractivity contribution in [2.75, 3.05) is 19.8 Å². The van der Waals surface area contributed by atoms with E-state index in [-0.39, 0.29) is 0 Å². The lowest BCUT2D eigenvalue weighted by atomic mass is 10.1. The average molecular weight is 291 g/mol. The Labute approximate surface area is 129 Å². The van der Waals surface area contributed by atoms with E-state index in [9.17, 15) is 0 Å². The summed E-state index contributed by atoms with van der Waals surface area (Å²) in [6.45, 7) is 6.87. The van der Waals surface area contributed by atoms with Crippen molar-refractivity contribution in [1.82, 2.24) is 5.32 Å². The van der Waals surface area contributed by atoms with Gasteiger partial charge in [-0.1, -0.05) is 46.0 Å². The summed E-state index contributed by atoms with van der Waals surface area (Å²) in [4.78, 5) is 0. The van der Waals surface area contributed by atoms with E-state index in [1.807, 2.05) is 6.07 Å². The Morgan fingerprint density at radius 1 is 1.14 bits per heavy atom. The van der Waals surface area contributed by atoms with Crippen LogP contribution in [0.1, 0.15) is 64.0 Å². The summed E-state index contributed by atoms with van der Waals surface area (Å²) in [6.07, 6.45) is 7.75. The van der Waals surface area contributed by atoms with Crippen molar-refractivity contribution in [2.45, 2.75) is 58.4 Å². The van der Waals surface area contributed by atoms with Crippen LogP contribution >= 0.6 is 0 Å². The van der Waals surface area contributed by atoms with Crippen LogP contribution < -0.4 is 14.8 Å². The normalized spacial score (nSPS) is 16.6. The van der Waals surface area contributed by atoms with Gasteiger partial charge in [-0.3, -0.25) is 0 Å². The summed E-state index contributed by atoms with van der Waals surface area (Å²) in [5.41, 5.74) is 1.25. The number of unbranched alkanes of at least 4 members (excludes halogenated alkanes) is 5. The van der Waals surface area contributed by atoms with E-state index >= 15 is 0 Å². The molecule has 1 heterocycles. The van der Waals surface area contributed by atoms with Crippen molar-refractivity contribution >= 4 is 0 Å². The molecule has 0 saturated heterocycles. The van der Waals surface area contributed by atoms with E-state index in [4.69, 9.17) is 9.47 Å². The standard InChI is InChI=1S/C18H29NO2/c1-3-5-6-7-8-9-12-20-15-10-11-16-17(19-4-2)14-21-18(16)13-15/h10-11,13,17,19H,3-9,12,14H2,1-2H3. The third-order valence-corrected chi connectivity index (χ3v) is 3.98. The molecule has 1 N–H and O–H groups in total. The topological polar surface area (TPSA) is 30.5 Å². The highest BCUT2D eigenvalue weighted by Gasteiger charge is 2.23. The summed E-state index contributed by atoms with van der Waals surface area (Å²) in [6, 6.07) is 6.56. The maximum atomic E-state index is 5.83. The van der Waals surface area contributed by atoms with Crippen LogP contribution in [0.3, 0.4) is 0 Å². The molecule has 1 atom stereocenters. The quantitative estimate of drug-likeness (QED) is 0.645. The van der Waals surface area contributed by atoms with Gasteiger partial charge in [-0.2, -0.15) is 0 Å². The van der Waals surface area contributed by atoms with Crippen LogP contribution in [-0.2, 0) is 0 Å². The smallest absolute Gasteiger partial charge is 0.127 e. The van der Waals surface area contributed by atoms with Gasteiger partial charge < -0.3 is 14.8 Å². The molecule has 0 aliphatic carbocycles. The second-order valence-electron chi connectivity index (χ2n) is 5.74. The molecule has 1 aromatic rings. The van der Waals surface area contributed by atoms with Crippen LogP contribution in [-0.4, -0.2) is 19.8 Å². The lowest BCUT2D eigenvalue weighted by molar-refractivity contribution is 0.297. The molecule has 3 heteroatoms. The predicted molar refractivity (Wildman–Crippen MR) is 87.2 cm³/mol. The van der Waals surface area contributed by atoms with E-state index in [0.29, 0.717) is 6.04 Å². The molecule has 21 heavy (non-hydrogen) atoms. The molecule has 0 aromatic heterocycles. The fraction of sp³-hybridized carbons (Fsp3) is 0.667. The van der Waals surface area contributed by atoms with Gasteiger partial charge in [0.25, 0.3) is 0 Å². The maximum absolute atomic E-state index is 5.83. The van der Waals surface area contributed by atoms with Gasteiger partial charge in [0.2, 0.25) is 0 Å². The van der Waals surface area contributed by atoms with Crippen LogP contribution in [0.25, 0.3) is 0 Å². The Bertz CT molecular complexity index is 420. The monoisotopic (exact) mass is 291 g/mol. The number of rotatable bonds is 10. The van der Waals surface area contributed by atoms with E-state index < -0.39 is 0 Å². The summed E-state index contributed by atoms with van der Waals surface area (Å²) in [7, 11) is 0. The zero-order valence-corrected chi connectivity index (χ0v) is 13.5. The first-order valence-corrected chi connectivity index (χ1v) is 8.48. The van der Waals surface area contributed by atoms with Crippen LogP contribution in [0, 0.1) is 0 Å². The van der Waals surface area contributed by atoms with Gasteiger partial charge in [0.15, 0.2) is 0 Å². The summed E-state index contributed by atoms with van der Waals surface area (Å²) < 4.78 is 11.6. The molecule has 0 fully saturated rings. The van der Waals surface area contributed by atoms with E-state index in [0.717, 1.165) is 37.7 Å². The van der Waals surface area contributed by atoms with Gasteiger partial charge in [-0.25, -0.2) is 0 Å². The minimum atomic E-state index is 0.331. The molecule has 0 bridgehead atoms. The Morgan fingerprint density at radius 2 is 1.95 bits per heavy atom. The average Bonchev–Trinajstić information content (AvgIpc) is 2.89. The molecule has 3 nitrogen and oxygen atoms in total. The molecule has 1 aliphatic rings. The number of fused-ring (bicyclic) bond motifs is 1. The Hall–Kier alpha value is -1.22. The van der Waals surface area contributed by atoms with Crippen molar-refractivity contribution in [1.29, 1.82) is 0 Å². The highest BCUT2D eigenvalue weighted by molar-refractivity contribution is 5.45. The Balaban J connectivity index is 1.71.